The second-order valence-corrected chi connectivity index (χ2v) is 7.26. The summed E-state index contributed by atoms with van der Waals surface area (Å²) in [4.78, 5) is 12.0. The fourth-order valence-electron chi connectivity index (χ4n) is 3.26. The number of halogens is 1. The molecule has 1 aromatic heterocycles. The highest BCUT2D eigenvalue weighted by Gasteiger charge is 2.32. The summed E-state index contributed by atoms with van der Waals surface area (Å²) in [5.74, 6) is -0.192. The number of quaternary nitrogens is 1. The lowest BCUT2D eigenvalue weighted by Crippen LogP contribution is -3.00. The Labute approximate surface area is 149 Å². The second kappa shape index (κ2) is 8.48. The van der Waals surface area contributed by atoms with Crippen LogP contribution in [0.25, 0.3) is 0 Å². The van der Waals surface area contributed by atoms with E-state index in [-0.39, 0.29) is 36.0 Å². The number of hydrogen-bond donors (Lipinski definition) is 0. The van der Waals surface area contributed by atoms with E-state index in [0.717, 1.165) is 11.0 Å². The van der Waals surface area contributed by atoms with E-state index < -0.39 is 0 Å². The number of hydrogen-bond acceptors (Lipinski definition) is 3. The molecule has 0 radical (unpaired) electrons. The van der Waals surface area contributed by atoms with E-state index in [1.807, 2.05) is 23.8 Å². The SMILES string of the molecule is CC(C[N+](C)(C)C1CCCCC1)OC(=O)c1ccsc1.[I-]. The molecule has 3 nitrogen and oxygen atoms in total. The third-order valence-corrected chi connectivity index (χ3v) is 5.04. The van der Waals surface area contributed by atoms with Crippen LogP contribution in [0.3, 0.4) is 0 Å². The van der Waals surface area contributed by atoms with E-state index in [9.17, 15) is 4.79 Å². The number of thiophene rings is 1. The molecule has 5 heteroatoms. The highest BCUT2D eigenvalue weighted by Crippen LogP contribution is 2.26. The smallest absolute Gasteiger partial charge is 0.339 e. The van der Waals surface area contributed by atoms with Gasteiger partial charge >= 0.3 is 5.97 Å². The average molecular weight is 423 g/mol. The number of carbonyl (C=O) groups is 1. The highest BCUT2D eigenvalue weighted by atomic mass is 127. The summed E-state index contributed by atoms with van der Waals surface area (Å²) in [6, 6.07) is 2.53. The third-order valence-electron chi connectivity index (χ3n) is 4.36. The predicted molar refractivity (Wildman–Crippen MR) is 83.0 cm³/mol. The molecule has 0 spiro atoms. The maximum absolute atomic E-state index is 12.0. The molecule has 1 saturated carbocycles. The molecule has 1 aliphatic carbocycles. The van der Waals surface area contributed by atoms with Crippen molar-refractivity contribution in [2.75, 3.05) is 20.6 Å². The van der Waals surface area contributed by atoms with Crippen molar-refractivity contribution in [1.29, 1.82) is 0 Å². The van der Waals surface area contributed by atoms with Gasteiger partial charge in [0.25, 0.3) is 0 Å². The van der Waals surface area contributed by atoms with E-state index in [1.54, 1.807) is 0 Å². The van der Waals surface area contributed by atoms with Crippen LogP contribution in [-0.4, -0.2) is 43.2 Å². The molecule has 0 aliphatic heterocycles. The summed E-state index contributed by atoms with van der Waals surface area (Å²) in [6.45, 7) is 2.90. The highest BCUT2D eigenvalue weighted by molar-refractivity contribution is 7.08. The van der Waals surface area contributed by atoms with E-state index in [0.29, 0.717) is 11.6 Å². The van der Waals surface area contributed by atoms with Crippen LogP contribution in [0.5, 0.6) is 0 Å². The van der Waals surface area contributed by atoms with Crippen LogP contribution in [-0.2, 0) is 4.74 Å². The van der Waals surface area contributed by atoms with E-state index in [4.69, 9.17) is 4.74 Å². The quantitative estimate of drug-likeness (QED) is 0.396. The molecule has 1 atom stereocenters. The lowest BCUT2D eigenvalue weighted by Gasteiger charge is -2.41. The Morgan fingerprint density at radius 1 is 1.38 bits per heavy atom. The largest absolute Gasteiger partial charge is 1.00 e. The van der Waals surface area contributed by atoms with Crippen molar-refractivity contribution in [1.82, 2.24) is 0 Å². The number of rotatable bonds is 5. The van der Waals surface area contributed by atoms with Crippen molar-refractivity contribution in [3.05, 3.63) is 22.4 Å². The fourth-order valence-corrected chi connectivity index (χ4v) is 3.89. The number of nitrogens with zero attached hydrogens (tertiary/aromatic N) is 1. The van der Waals surface area contributed by atoms with Crippen molar-refractivity contribution >= 4 is 17.3 Å². The van der Waals surface area contributed by atoms with Gasteiger partial charge in [0.15, 0.2) is 0 Å². The zero-order valence-electron chi connectivity index (χ0n) is 13.2. The van der Waals surface area contributed by atoms with Crippen molar-refractivity contribution in [3.8, 4) is 0 Å². The van der Waals surface area contributed by atoms with Gasteiger partial charge in [0.05, 0.1) is 25.7 Å². The van der Waals surface area contributed by atoms with Gasteiger partial charge in [0, 0.05) is 5.38 Å². The molecule has 0 amide bonds. The van der Waals surface area contributed by atoms with Gasteiger partial charge in [-0.05, 0) is 44.1 Å². The molecule has 1 aromatic rings. The van der Waals surface area contributed by atoms with Crippen LogP contribution in [0.15, 0.2) is 16.8 Å². The molecule has 1 aliphatic rings. The molecule has 0 saturated heterocycles. The summed E-state index contributed by atoms with van der Waals surface area (Å²) in [5.41, 5.74) is 0.671. The minimum absolute atomic E-state index is 0. The van der Waals surface area contributed by atoms with Gasteiger partial charge in [-0.15, -0.1) is 0 Å². The summed E-state index contributed by atoms with van der Waals surface area (Å²) in [6.07, 6.45) is 6.62. The first-order valence-electron chi connectivity index (χ1n) is 7.55. The van der Waals surface area contributed by atoms with Crippen LogP contribution < -0.4 is 24.0 Å². The Bertz CT molecular complexity index is 427. The molecule has 2 rings (SSSR count). The van der Waals surface area contributed by atoms with E-state index >= 15 is 0 Å². The molecule has 0 N–H and O–H groups in total. The van der Waals surface area contributed by atoms with Gasteiger partial charge in [0.1, 0.15) is 12.6 Å². The lowest BCUT2D eigenvalue weighted by molar-refractivity contribution is -0.918. The Morgan fingerprint density at radius 2 is 2.05 bits per heavy atom. The molecular formula is C16H26INO2S. The number of likely N-dealkylation sites (N-methyl/N-ethyl adjacent to an activating group) is 1. The first-order chi connectivity index (χ1) is 9.49. The molecule has 0 bridgehead atoms. The summed E-state index contributed by atoms with van der Waals surface area (Å²) in [5, 5.41) is 3.75. The van der Waals surface area contributed by atoms with Gasteiger partial charge in [-0.3, -0.25) is 0 Å². The Kier molecular flexibility index (Phi) is 7.64. The molecule has 1 unspecified atom stereocenters. The van der Waals surface area contributed by atoms with Crippen molar-refractivity contribution in [3.63, 3.8) is 0 Å². The second-order valence-electron chi connectivity index (χ2n) is 6.48. The maximum atomic E-state index is 12.0. The van der Waals surface area contributed by atoms with Crippen molar-refractivity contribution in [2.24, 2.45) is 0 Å². The van der Waals surface area contributed by atoms with E-state index in [1.165, 1.54) is 43.4 Å². The minimum Gasteiger partial charge on any atom is -1.00 e. The Hall–Kier alpha value is -0.140. The normalized spacial score (nSPS) is 17.9. The molecule has 1 heterocycles. The van der Waals surface area contributed by atoms with Crippen LogP contribution in [0.4, 0.5) is 0 Å². The van der Waals surface area contributed by atoms with Gasteiger partial charge < -0.3 is 33.2 Å². The van der Waals surface area contributed by atoms with Crippen LogP contribution in [0.2, 0.25) is 0 Å². The molecule has 21 heavy (non-hydrogen) atoms. The lowest BCUT2D eigenvalue weighted by atomic mass is 9.93. The van der Waals surface area contributed by atoms with Crippen molar-refractivity contribution < 1.29 is 38.0 Å². The zero-order chi connectivity index (χ0) is 14.6. The summed E-state index contributed by atoms with van der Waals surface area (Å²) < 4.78 is 6.53. The van der Waals surface area contributed by atoms with Gasteiger partial charge in [-0.1, -0.05) is 6.42 Å². The number of ether oxygens (including phenoxy) is 1. The topological polar surface area (TPSA) is 26.3 Å². The Balaban J connectivity index is 0.00000220. The molecule has 0 aromatic carbocycles. The van der Waals surface area contributed by atoms with Crippen LogP contribution in [0, 0.1) is 0 Å². The van der Waals surface area contributed by atoms with Gasteiger partial charge in [0.2, 0.25) is 0 Å². The van der Waals surface area contributed by atoms with Gasteiger partial charge in [-0.25, -0.2) is 4.79 Å². The fraction of sp³-hybridized carbons (Fsp3) is 0.688. The molecule has 1 fully saturated rings. The number of esters is 1. The predicted octanol–water partition coefficient (Wildman–Crippen LogP) is 0.707. The molecular weight excluding hydrogens is 397 g/mol. The summed E-state index contributed by atoms with van der Waals surface area (Å²) in [7, 11) is 4.54. The van der Waals surface area contributed by atoms with Crippen LogP contribution in [0.1, 0.15) is 49.4 Å². The summed E-state index contributed by atoms with van der Waals surface area (Å²) >= 11 is 1.53. The maximum Gasteiger partial charge on any atom is 0.339 e. The number of carbonyl (C=O) groups excluding carboxylic acids is 1. The monoisotopic (exact) mass is 423 g/mol. The third kappa shape index (κ3) is 5.53. The van der Waals surface area contributed by atoms with Crippen LogP contribution >= 0.6 is 11.3 Å². The van der Waals surface area contributed by atoms with Crippen molar-refractivity contribution in [2.45, 2.75) is 51.2 Å². The average Bonchev–Trinajstić information content (AvgIpc) is 2.93. The van der Waals surface area contributed by atoms with E-state index in [2.05, 4.69) is 14.1 Å². The standard InChI is InChI=1S/C16H26NO2S.HI/c1-13(19-16(18)14-9-10-20-12-14)11-17(2,3)15-7-5-4-6-8-15;/h9-10,12-13,15H,4-8,11H2,1-3H3;1H/q+1;/p-1. The Morgan fingerprint density at radius 3 is 2.62 bits per heavy atom. The van der Waals surface area contributed by atoms with Gasteiger partial charge in [-0.2, -0.15) is 11.3 Å². The molecule has 120 valence electrons. The first kappa shape index (κ1) is 18.9. The minimum atomic E-state index is -0.192. The zero-order valence-corrected chi connectivity index (χ0v) is 16.2. The first-order valence-corrected chi connectivity index (χ1v) is 8.49.